The highest BCUT2D eigenvalue weighted by Crippen LogP contribution is 2.24. The van der Waals surface area contributed by atoms with Gasteiger partial charge in [-0.1, -0.05) is 13.8 Å². The molecule has 0 spiro atoms. The Morgan fingerprint density at radius 2 is 2.05 bits per heavy atom. The Hall–Kier alpha value is -0.940. The molecule has 19 heavy (non-hydrogen) atoms. The highest BCUT2D eigenvalue weighted by molar-refractivity contribution is 9.10. The van der Waals surface area contributed by atoms with Gasteiger partial charge >= 0.3 is 5.97 Å². The number of halogens is 1. The molecule has 0 saturated carbocycles. The fourth-order valence-corrected chi connectivity index (χ4v) is 2.28. The molecule has 0 bridgehead atoms. The van der Waals surface area contributed by atoms with E-state index in [0.29, 0.717) is 13.0 Å². The Morgan fingerprint density at radius 1 is 1.37 bits per heavy atom. The van der Waals surface area contributed by atoms with Crippen LogP contribution in [0, 0.1) is 0 Å². The molecule has 1 aromatic rings. The molecule has 0 aliphatic heterocycles. The van der Waals surface area contributed by atoms with Gasteiger partial charge in [0.1, 0.15) is 0 Å². The van der Waals surface area contributed by atoms with Crippen LogP contribution in [-0.2, 0) is 9.53 Å². The average Bonchev–Trinajstić information content (AvgIpc) is 2.40. The third-order valence-electron chi connectivity index (χ3n) is 3.01. The molecular weight excluding hydrogens is 308 g/mol. The number of esters is 1. The van der Waals surface area contributed by atoms with Crippen LogP contribution in [0.1, 0.15) is 38.9 Å². The summed E-state index contributed by atoms with van der Waals surface area (Å²) in [6, 6.07) is 3.87. The van der Waals surface area contributed by atoms with Crippen LogP contribution in [0.3, 0.4) is 0 Å². The van der Waals surface area contributed by atoms with Crippen LogP contribution >= 0.6 is 15.9 Å². The summed E-state index contributed by atoms with van der Waals surface area (Å²) < 4.78 is 5.99. The van der Waals surface area contributed by atoms with Gasteiger partial charge in [0.2, 0.25) is 0 Å². The lowest BCUT2D eigenvalue weighted by Gasteiger charge is -2.28. The van der Waals surface area contributed by atoms with Gasteiger partial charge in [-0.3, -0.25) is 14.7 Å². The number of rotatable bonds is 7. The fourth-order valence-electron chi connectivity index (χ4n) is 2.05. The molecule has 0 aromatic carbocycles. The molecule has 0 aliphatic carbocycles. The monoisotopic (exact) mass is 328 g/mol. The summed E-state index contributed by atoms with van der Waals surface area (Å²) in [4.78, 5) is 18.4. The average molecular weight is 329 g/mol. The van der Waals surface area contributed by atoms with Gasteiger partial charge < -0.3 is 4.74 Å². The Labute approximate surface area is 123 Å². The van der Waals surface area contributed by atoms with Crippen molar-refractivity contribution in [1.82, 2.24) is 9.88 Å². The van der Waals surface area contributed by atoms with Gasteiger partial charge in [-0.2, -0.15) is 0 Å². The van der Waals surface area contributed by atoms with E-state index in [9.17, 15) is 4.79 Å². The van der Waals surface area contributed by atoms with Gasteiger partial charge in [0.15, 0.2) is 0 Å². The first-order valence-electron chi connectivity index (χ1n) is 6.63. The molecule has 5 heteroatoms. The van der Waals surface area contributed by atoms with E-state index in [-0.39, 0.29) is 12.0 Å². The second-order valence-corrected chi connectivity index (χ2v) is 5.06. The number of carbonyl (C=O) groups excluding carboxylic acids is 1. The summed E-state index contributed by atoms with van der Waals surface area (Å²) in [5.74, 6) is -0.177. The molecular formula is C14H21BrN2O2. The molecule has 1 heterocycles. The number of ether oxygens (including phenoxy) is 1. The summed E-state index contributed by atoms with van der Waals surface area (Å²) in [7, 11) is 0. The van der Waals surface area contributed by atoms with Crippen molar-refractivity contribution in [1.29, 1.82) is 0 Å². The lowest BCUT2D eigenvalue weighted by molar-refractivity contribution is -0.144. The van der Waals surface area contributed by atoms with Crippen LogP contribution in [0.5, 0.6) is 0 Å². The van der Waals surface area contributed by atoms with E-state index in [1.807, 2.05) is 19.1 Å². The number of pyridine rings is 1. The molecule has 0 radical (unpaired) electrons. The number of aromatic nitrogens is 1. The van der Waals surface area contributed by atoms with Crippen molar-refractivity contribution < 1.29 is 9.53 Å². The first-order valence-corrected chi connectivity index (χ1v) is 7.42. The topological polar surface area (TPSA) is 42.4 Å². The number of nitrogens with zero attached hydrogens (tertiary/aromatic N) is 2. The minimum absolute atomic E-state index is 0.0258. The minimum Gasteiger partial charge on any atom is -0.466 e. The Bertz CT molecular complexity index is 391. The summed E-state index contributed by atoms with van der Waals surface area (Å²) in [5.41, 5.74) is 0.903. The zero-order valence-electron chi connectivity index (χ0n) is 11.7. The van der Waals surface area contributed by atoms with Crippen molar-refractivity contribution in [2.45, 2.75) is 33.2 Å². The van der Waals surface area contributed by atoms with Crippen molar-refractivity contribution in [3.8, 4) is 0 Å². The quantitative estimate of drug-likeness (QED) is 0.721. The fraction of sp³-hybridized carbons (Fsp3) is 0.571. The lowest BCUT2D eigenvalue weighted by Crippen LogP contribution is -2.31. The van der Waals surface area contributed by atoms with Gasteiger partial charge in [0.25, 0.3) is 0 Å². The van der Waals surface area contributed by atoms with Crippen LogP contribution in [-0.4, -0.2) is 35.5 Å². The second-order valence-electron chi connectivity index (χ2n) is 4.15. The molecule has 1 atom stereocenters. The number of hydrogen-bond acceptors (Lipinski definition) is 4. The van der Waals surface area contributed by atoms with E-state index in [4.69, 9.17) is 4.74 Å². The van der Waals surface area contributed by atoms with Crippen molar-refractivity contribution >= 4 is 21.9 Å². The third kappa shape index (κ3) is 4.91. The van der Waals surface area contributed by atoms with Crippen LogP contribution in [0.4, 0.5) is 0 Å². The molecule has 4 nitrogen and oxygen atoms in total. The van der Waals surface area contributed by atoms with Crippen LogP contribution in [0.15, 0.2) is 22.8 Å². The largest absolute Gasteiger partial charge is 0.466 e. The Balaban J connectivity index is 2.91. The molecule has 1 aromatic heterocycles. The standard InChI is InChI=1S/C14H21BrN2O2/c1-4-17(5-2)13(9-14(18)19-6-3)12-8-7-11(15)10-16-12/h7-8,10,13H,4-6,9H2,1-3H3. The van der Waals surface area contributed by atoms with E-state index in [1.54, 1.807) is 6.20 Å². The van der Waals surface area contributed by atoms with Crippen LogP contribution in [0.25, 0.3) is 0 Å². The normalized spacial score (nSPS) is 12.5. The maximum Gasteiger partial charge on any atom is 0.307 e. The molecule has 0 amide bonds. The summed E-state index contributed by atoms with van der Waals surface area (Å²) in [6.07, 6.45) is 2.10. The second kappa shape index (κ2) is 8.27. The van der Waals surface area contributed by atoms with E-state index in [0.717, 1.165) is 23.3 Å². The highest BCUT2D eigenvalue weighted by atomic mass is 79.9. The summed E-state index contributed by atoms with van der Waals surface area (Å²) in [5, 5.41) is 0. The van der Waals surface area contributed by atoms with Gasteiger partial charge in [-0.05, 0) is 48.1 Å². The van der Waals surface area contributed by atoms with Crippen LogP contribution in [0.2, 0.25) is 0 Å². The zero-order valence-corrected chi connectivity index (χ0v) is 13.3. The molecule has 0 fully saturated rings. The molecule has 1 rings (SSSR count). The zero-order chi connectivity index (χ0) is 14.3. The van der Waals surface area contributed by atoms with Gasteiger partial charge in [0, 0.05) is 10.7 Å². The highest BCUT2D eigenvalue weighted by Gasteiger charge is 2.23. The van der Waals surface area contributed by atoms with Crippen molar-refractivity contribution in [2.75, 3.05) is 19.7 Å². The maximum atomic E-state index is 11.7. The Morgan fingerprint density at radius 3 is 2.53 bits per heavy atom. The number of hydrogen-bond donors (Lipinski definition) is 0. The van der Waals surface area contributed by atoms with Crippen molar-refractivity contribution in [2.24, 2.45) is 0 Å². The van der Waals surface area contributed by atoms with E-state index in [1.165, 1.54) is 0 Å². The molecule has 106 valence electrons. The summed E-state index contributed by atoms with van der Waals surface area (Å²) in [6.45, 7) is 8.15. The predicted octanol–water partition coefficient (Wildman–Crippen LogP) is 3.18. The molecule has 0 N–H and O–H groups in total. The van der Waals surface area contributed by atoms with E-state index >= 15 is 0 Å². The van der Waals surface area contributed by atoms with Gasteiger partial charge in [0.05, 0.1) is 24.8 Å². The van der Waals surface area contributed by atoms with Crippen LogP contribution < -0.4 is 0 Å². The minimum atomic E-state index is -0.177. The Kier molecular flexibility index (Phi) is 7.02. The predicted molar refractivity (Wildman–Crippen MR) is 78.8 cm³/mol. The number of carbonyl (C=O) groups is 1. The van der Waals surface area contributed by atoms with Gasteiger partial charge in [-0.25, -0.2) is 0 Å². The maximum absolute atomic E-state index is 11.7. The van der Waals surface area contributed by atoms with Gasteiger partial charge in [-0.15, -0.1) is 0 Å². The molecule has 0 aliphatic rings. The molecule has 1 unspecified atom stereocenters. The first-order chi connectivity index (χ1) is 9.12. The smallest absolute Gasteiger partial charge is 0.307 e. The van der Waals surface area contributed by atoms with Crippen molar-refractivity contribution in [3.63, 3.8) is 0 Å². The SMILES string of the molecule is CCOC(=O)CC(c1ccc(Br)cn1)N(CC)CC. The van der Waals surface area contributed by atoms with Crippen molar-refractivity contribution in [3.05, 3.63) is 28.5 Å². The third-order valence-corrected chi connectivity index (χ3v) is 3.48. The van der Waals surface area contributed by atoms with E-state index < -0.39 is 0 Å². The first kappa shape index (κ1) is 16.1. The summed E-state index contributed by atoms with van der Waals surface area (Å²) >= 11 is 3.37. The van der Waals surface area contributed by atoms with E-state index in [2.05, 4.69) is 39.7 Å². The lowest BCUT2D eigenvalue weighted by atomic mass is 10.1. The molecule has 0 saturated heterocycles.